The summed E-state index contributed by atoms with van der Waals surface area (Å²) in [7, 11) is 6.20. The lowest BCUT2D eigenvalue weighted by Crippen LogP contribution is -2.43. The van der Waals surface area contributed by atoms with Crippen LogP contribution in [0, 0.1) is 0 Å². The molecule has 0 aliphatic heterocycles. The van der Waals surface area contributed by atoms with Crippen molar-refractivity contribution < 1.29 is 19.1 Å². The molecule has 0 amide bonds. The number of aliphatic carboxylic acids is 1. The Kier molecular flexibility index (Phi) is 13.4. The van der Waals surface area contributed by atoms with Gasteiger partial charge in [0.05, 0.1) is 27.6 Å². The third kappa shape index (κ3) is 17.6. The Bertz CT molecular complexity index is 287. The Morgan fingerprint density at radius 1 is 0.913 bits per heavy atom. The van der Waals surface area contributed by atoms with Crippen LogP contribution in [0.2, 0.25) is 0 Å². The van der Waals surface area contributed by atoms with Crippen LogP contribution in [0.15, 0.2) is 0 Å². The van der Waals surface area contributed by atoms with Crippen LogP contribution in [0.5, 0.6) is 0 Å². The molecule has 0 radical (unpaired) electrons. The Morgan fingerprint density at radius 2 is 1.39 bits per heavy atom. The summed E-state index contributed by atoms with van der Waals surface area (Å²) in [5, 5.41) is 8.97. The van der Waals surface area contributed by atoms with Gasteiger partial charge in [0.25, 0.3) is 0 Å². The topological polar surface area (TPSA) is 46.5 Å². The Labute approximate surface area is 143 Å². The molecule has 0 aromatic rings. The van der Waals surface area contributed by atoms with E-state index in [4.69, 9.17) is 9.84 Å². The zero-order chi connectivity index (χ0) is 17.6. The van der Waals surface area contributed by atoms with E-state index in [2.05, 4.69) is 28.1 Å². The third-order valence-corrected chi connectivity index (χ3v) is 4.01. The van der Waals surface area contributed by atoms with Gasteiger partial charge in [-0.1, -0.05) is 64.7 Å². The first-order chi connectivity index (χ1) is 10.8. The zero-order valence-electron chi connectivity index (χ0n) is 16.0. The Balaban J connectivity index is 3.57. The second-order valence-corrected chi connectivity index (χ2v) is 7.75. The molecule has 4 nitrogen and oxygen atoms in total. The number of carboxylic acid groups (broad SMARTS) is 1. The highest BCUT2D eigenvalue weighted by atomic mass is 16.5. The molecule has 0 aromatic heterocycles. The first-order valence-electron chi connectivity index (χ1n) is 9.49. The fraction of sp³-hybridized carbons (Fsp3) is 0.947. The molecule has 0 spiro atoms. The van der Waals surface area contributed by atoms with Crippen molar-refractivity contribution in [1.29, 1.82) is 0 Å². The zero-order valence-corrected chi connectivity index (χ0v) is 16.0. The number of ether oxygens (including phenoxy) is 1. The van der Waals surface area contributed by atoms with E-state index in [1.54, 1.807) is 0 Å². The van der Waals surface area contributed by atoms with Crippen LogP contribution in [0.1, 0.15) is 77.6 Å². The largest absolute Gasteiger partial charge is 0.481 e. The predicted molar refractivity (Wildman–Crippen MR) is 96.7 cm³/mol. The standard InChI is InChI=1S/C19H39NO3/c1-5-6-7-8-9-10-11-12-13-14-15-23-18(16-19(21)22)17-20(2,3)4/h18H,5-17H2,1-4H3/p+1. The Morgan fingerprint density at radius 3 is 1.83 bits per heavy atom. The summed E-state index contributed by atoms with van der Waals surface area (Å²) in [6.45, 7) is 3.68. The summed E-state index contributed by atoms with van der Waals surface area (Å²) in [6.07, 6.45) is 13.0. The monoisotopic (exact) mass is 330 g/mol. The van der Waals surface area contributed by atoms with Gasteiger partial charge in [-0.3, -0.25) is 4.79 Å². The number of carboxylic acids is 1. The number of rotatable bonds is 16. The number of quaternary nitrogens is 1. The number of unbranched alkanes of at least 4 members (excludes halogenated alkanes) is 9. The van der Waals surface area contributed by atoms with Crippen molar-refractivity contribution in [1.82, 2.24) is 0 Å². The maximum absolute atomic E-state index is 10.9. The van der Waals surface area contributed by atoms with Crippen LogP contribution in [0.4, 0.5) is 0 Å². The molecule has 0 saturated heterocycles. The number of hydrogen-bond donors (Lipinski definition) is 1. The predicted octanol–water partition coefficient (Wildman–Crippen LogP) is 4.47. The van der Waals surface area contributed by atoms with Crippen molar-refractivity contribution in [3.05, 3.63) is 0 Å². The van der Waals surface area contributed by atoms with E-state index >= 15 is 0 Å². The summed E-state index contributed by atoms with van der Waals surface area (Å²) in [4.78, 5) is 10.9. The molecule has 1 unspecified atom stereocenters. The van der Waals surface area contributed by atoms with Crippen LogP contribution in [0.3, 0.4) is 0 Å². The van der Waals surface area contributed by atoms with E-state index in [1.165, 1.54) is 57.8 Å². The molecular formula is C19H40NO3+. The van der Waals surface area contributed by atoms with Crippen molar-refractivity contribution in [2.24, 2.45) is 0 Å². The molecule has 4 heteroatoms. The van der Waals surface area contributed by atoms with Gasteiger partial charge in [-0.15, -0.1) is 0 Å². The van der Waals surface area contributed by atoms with E-state index < -0.39 is 5.97 Å². The fourth-order valence-electron chi connectivity index (χ4n) is 2.82. The van der Waals surface area contributed by atoms with Crippen molar-refractivity contribution in [2.45, 2.75) is 83.7 Å². The first kappa shape index (κ1) is 22.4. The van der Waals surface area contributed by atoms with Crippen LogP contribution >= 0.6 is 0 Å². The van der Waals surface area contributed by atoms with Gasteiger partial charge in [-0.2, -0.15) is 0 Å². The molecule has 0 saturated carbocycles. The van der Waals surface area contributed by atoms with E-state index in [0.29, 0.717) is 6.61 Å². The minimum atomic E-state index is -0.772. The van der Waals surface area contributed by atoms with Gasteiger partial charge in [0.15, 0.2) is 0 Å². The van der Waals surface area contributed by atoms with E-state index in [9.17, 15) is 4.79 Å². The fourth-order valence-corrected chi connectivity index (χ4v) is 2.82. The number of nitrogens with zero attached hydrogens (tertiary/aromatic N) is 1. The molecule has 0 aliphatic carbocycles. The lowest BCUT2D eigenvalue weighted by molar-refractivity contribution is -0.873. The number of hydrogen-bond acceptors (Lipinski definition) is 2. The molecular weight excluding hydrogens is 290 g/mol. The van der Waals surface area contributed by atoms with Crippen LogP contribution < -0.4 is 0 Å². The van der Waals surface area contributed by atoms with E-state index in [0.717, 1.165) is 17.4 Å². The smallest absolute Gasteiger partial charge is 0.306 e. The van der Waals surface area contributed by atoms with Gasteiger partial charge >= 0.3 is 5.97 Å². The lowest BCUT2D eigenvalue weighted by Gasteiger charge is -2.28. The summed E-state index contributed by atoms with van der Waals surface area (Å²) in [6, 6.07) is 0. The highest BCUT2D eigenvalue weighted by molar-refractivity contribution is 5.67. The highest BCUT2D eigenvalue weighted by Gasteiger charge is 2.21. The van der Waals surface area contributed by atoms with Crippen molar-refractivity contribution >= 4 is 5.97 Å². The summed E-state index contributed by atoms with van der Waals surface area (Å²) >= 11 is 0. The number of carbonyl (C=O) groups is 1. The molecule has 1 N–H and O–H groups in total. The molecule has 0 aliphatic rings. The van der Waals surface area contributed by atoms with Crippen molar-refractivity contribution in [3.63, 3.8) is 0 Å². The van der Waals surface area contributed by atoms with E-state index in [1.807, 2.05) is 0 Å². The average molecular weight is 331 g/mol. The second-order valence-electron chi connectivity index (χ2n) is 7.75. The summed E-state index contributed by atoms with van der Waals surface area (Å²) in [5.74, 6) is -0.772. The number of likely N-dealkylation sites (N-methyl/N-ethyl adjacent to an activating group) is 1. The minimum Gasteiger partial charge on any atom is -0.481 e. The second kappa shape index (κ2) is 13.8. The molecule has 0 fully saturated rings. The molecule has 0 bridgehead atoms. The normalized spacial score (nSPS) is 13.2. The molecule has 1 atom stereocenters. The van der Waals surface area contributed by atoms with Gasteiger partial charge < -0.3 is 14.3 Å². The van der Waals surface area contributed by atoms with Gasteiger partial charge in [0.2, 0.25) is 0 Å². The SMILES string of the molecule is CCCCCCCCCCCCOC(CC(=O)O)C[N+](C)(C)C. The lowest BCUT2D eigenvalue weighted by atomic mass is 10.1. The van der Waals surface area contributed by atoms with Gasteiger partial charge in [0.1, 0.15) is 12.6 Å². The molecule has 0 aromatic carbocycles. The van der Waals surface area contributed by atoms with Crippen LogP contribution in [-0.4, -0.2) is 56.0 Å². The van der Waals surface area contributed by atoms with Gasteiger partial charge in [0, 0.05) is 6.61 Å². The minimum absolute atomic E-state index is 0.104. The highest BCUT2D eigenvalue weighted by Crippen LogP contribution is 2.11. The van der Waals surface area contributed by atoms with E-state index in [-0.39, 0.29) is 12.5 Å². The van der Waals surface area contributed by atoms with Crippen LogP contribution in [0.25, 0.3) is 0 Å². The molecule has 23 heavy (non-hydrogen) atoms. The third-order valence-electron chi connectivity index (χ3n) is 4.01. The maximum Gasteiger partial charge on any atom is 0.306 e. The Hall–Kier alpha value is -0.610. The summed E-state index contributed by atoms with van der Waals surface area (Å²) < 4.78 is 6.54. The first-order valence-corrected chi connectivity index (χ1v) is 9.49. The molecule has 138 valence electrons. The quantitative estimate of drug-likeness (QED) is 0.335. The maximum atomic E-state index is 10.9. The average Bonchev–Trinajstić information content (AvgIpc) is 2.42. The van der Waals surface area contributed by atoms with Crippen molar-refractivity contribution in [2.75, 3.05) is 34.3 Å². The molecule has 0 heterocycles. The summed E-state index contributed by atoms with van der Waals surface area (Å²) in [5.41, 5.74) is 0. The van der Waals surface area contributed by atoms with Gasteiger partial charge in [-0.25, -0.2) is 0 Å². The molecule has 0 rings (SSSR count). The van der Waals surface area contributed by atoms with Crippen molar-refractivity contribution in [3.8, 4) is 0 Å². The van der Waals surface area contributed by atoms with Crippen LogP contribution in [-0.2, 0) is 9.53 Å². The van der Waals surface area contributed by atoms with Gasteiger partial charge in [-0.05, 0) is 6.42 Å².